The van der Waals surface area contributed by atoms with Crippen LogP contribution in [0.15, 0.2) is 61.9 Å². The first-order valence-electron chi connectivity index (χ1n) is 10.3. The van der Waals surface area contributed by atoms with Gasteiger partial charge >= 0.3 is 5.97 Å². The molecule has 0 spiro atoms. The third-order valence-electron chi connectivity index (χ3n) is 5.28. The summed E-state index contributed by atoms with van der Waals surface area (Å²) in [5.41, 5.74) is 1.48. The highest BCUT2D eigenvalue weighted by Gasteiger charge is 2.33. The lowest BCUT2D eigenvalue weighted by Crippen LogP contribution is -2.40. The van der Waals surface area contributed by atoms with Gasteiger partial charge in [0.05, 0.1) is 40.0 Å². The van der Waals surface area contributed by atoms with E-state index in [0.717, 1.165) is 11.3 Å². The number of esters is 1. The predicted molar refractivity (Wildman–Crippen MR) is 134 cm³/mol. The van der Waals surface area contributed by atoms with Gasteiger partial charge in [-0.3, -0.25) is 9.36 Å². The number of carbonyl (C=O) groups excluding carboxylic acids is 1. The van der Waals surface area contributed by atoms with E-state index < -0.39 is 12.0 Å². The summed E-state index contributed by atoms with van der Waals surface area (Å²) in [5.74, 6) is 0.0719. The first kappa shape index (κ1) is 24.3. The number of aromatic nitrogens is 1. The van der Waals surface area contributed by atoms with Crippen molar-refractivity contribution >= 4 is 50.9 Å². The van der Waals surface area contributed by atoms with Gasteiger partial charge in [0, 0.05) is 10.6 Å². The number of phenolic OH excluding ortho intramolecular Hbond substituents is 1. The number of ether oxygens (including phenoxy) is 2. The van der Waals surface area contributed by atoms with E-state index in [-0.39, 0.29) is 23.5 Å². The molecule has 0 fully saturated rings. The maximum Gasteiger partial charge on any atom is 0.338 e. The van der Waals surface area contributed by atoms with Crippen molar-refractivity contribution in [2.75, 3.05) is 13.7 Å². The zero-order chi connectivity index (χ0) is 24.6. The van der Waals surface area contributed by atoms with Crippen molar-refractivity contribution in [2.45, 2.75) is 19.9 Å². The summed E-state index contributed by atoms with van der Waals surface area (Å²) in [6.45, 7) is 3.63. The van der Waals surface area contributed by atoms with E-state index in [9.17, 15) is 14.7 Å². The molecule has 0 unspecified atom stereocenters. The van der Waals surface area contributed by atoms with Gasteiger partial charge in [-0.15, -0.1) is 0 Å². The molecule has 7 nitrogen and oxygen atoms in total. The molecule has 0 amide bonds. The first-order valence-corrected chi connectivity index (χ1v) is 12.3. The fraction of sp³-hybridized carbons (Fsp3) is 0.208. The smallest absolute Gasteiger partial charge is 0.338 e. The van der Waals surface area contributed by atoms with Gasteiger partial charge in [0.2, 0.25) is 0 Å². The molecule has 1 aliphatic heterocycles. The number of phenols is 1. The number of methoxy groups -OCH3 is 1. The minimum Gasteiger partial charge on any atom is -0.507 e. The van der Waals surface area contributed by atoms with Crippen LogP contribution in [0.2, 0.25) is 5.02 Å². The lowest BCUT2D eigenvalue weighted by molar-refractivity contribution is -0.139. The quantitative estimate of drug-likeness (QED) is 0.475. The van der Waals surface area contributed by atoms with Crippen molar-refractivity contribution in [1.82, 2.24) is 4.57 Å². The summed E-state index contributed by atoms with van der Waals surface area (Å²) in [6.07, 6.45) is 1.56. The topological polar surface area (TPSA) is 90.1 Å². The van der Waals surface area contributed by atoms with Crippen LogP contribution in [0.3, 0.4) is 0 Å². The van der Waals surface area contributed by atoms with E-state index in [2.05, 4.69) is 20.9 Å². The second-order valence-electron chi connectivity index (χ2n) is 7.40. The zero-order valence-corrected chi connectivity index (χ0v) is 21.6. The molecule has 0 bridgehead atoms. The molecule has 1 N–H and O–H groups in total. The Morgan fingerprint density at radius 1 is 1.32 bits per heavy atom. The second kappa shape index (κ2) is 9.77. The van der Waals surface area contributed by atoms with Crippen LogP contribution in [-0.4, -0.2) is 29.4 Å². The molecule has 10 heteroatoms. The third kappa shape index (κ3) is 4.43. The number of thiazole rings is 1. The monoisotopic (exact) mass is 562 g/mol. The summed E-state index contributed by atoms with van der Waals surface area (Å²) >= 11 is 10.7. The Hall–Kier alpha value is -2.88. The summed E-state index contributed by atoms with van der Waals surface area (Å²) in [6, 6.07) is 9.21. The molecule has 4 rings (SSSR count). The van der Waals surface area contributed by atoms with Crippen molar-refractivity contribution in [3.8, 4) is 11.5 Å². The van der Waals surface area contributed by atoms with E-state index in [0.29, 0.717) is 41.4 Å². The highest BCUT2D eigenvalue weighted by molar-refractivity contribution is 9.10. The van der Waals surface area contributed by atoms with Gasteiger partial charge in [0.15, 0.2) is 4.80 Å². The normalized spacial score (nSPS) is 15.7. The molecule has 2 heterocycles. The molecule has 0 aliphatic carbocycles. The molecule has 2 aromatic carbocycles. The zero-order valence-electron chi connectivity index (χ0n) is 18.5. The van der Waals surface area contributed by atoms with Gasteiger partial charge in [-0.1, -0.05) is 29.0 Å². The van der Waals surface area contributed by atoms with Gasteiger partial charge in [-0.25, -0.2) is 9.79 Å². The maximum atomic E-state index is 13.6. The Balaban J connectivity index is 1.98. The SMILES string of the molecule is CCOC(=O)C1=C(C)N=c2s/c(=C/c3cc(Cl)ccc3O)c(=O)n2[C@@H]1c1ccc(OC)c(Br)c1. The van der Waals surface area contributed by atoms with Crippen LogP contribution in [-0.2, 0) is 9.53 Å². The van der Waals surface area contributed by atoms with Gasteiger partial charge in [0.25, 0.3) is 5.56 Å². The summed E-state index contributed by atoms with van der Waals surface area (Å²) in [4.78, 5) is 31.5. The van der Waals surface area contributed by atoms with Crippen molar-refractivity contribution in [2.24, 2.45) is 4.99 Å². The van der Waals surface area contributed by atoms with Crippen molar-refractivity contribution < 1.29 is 19.4 Å². The first-order chi connectivity index (χ1) is 16.2. The van der Waals surface area contributed by atoms with E-state index in [1.807, 2.05) is 0 Å². The van der Waals surface area contributed by atoms with Crippen LogP contribution < -0.4 is 19.6 Å². The molecule has 0 radical (unpaired) electrons. The Morgan fingerprint density at radius 2 is 2.09 bits per heavy atom. The van der Waals surface area contributed by atoms with Crippen LogP contribution in [0.1, 0.15) is 31.0 Å². The van der Waals surface area contributed by atoms with Crippen LogP contribution in [0.5, 0.6) is 11.5 Å². The fourth-order valence-corrected chi connectivity index (χ4v) is 5.52. The average Bonchev–Trinajstić information content (AvgIpc) is 3.09. The second-order valence-corrected chi connectivity index (χ2v) is 9.70. The highest BCUT2D eigenvalue weighted by Crippen LogP contribution is 2.35. The molecule has 1 atom stereocenters. The van der Waals surface area contributed by atoms with E-state index >= 15 is 0 Å². The summed E-state index contributed by atoms with van der Waals surface area (Å²) in [5, 5.41) is 10.6. The number of hydrogen-bond acceptors (Lipinski definition) is 7. The molecule has 176 valence electrons. The van der Waals surface area contributed by atoms with Crippen molar-refractivity contribution in [3.05, 3.63) is 88.0 Å². The minimum atomic E-state index is -0.757. The molecular weight excluding hydrogens is 544 g/mol. The van der Waals surface area contributed by atoms with Crippen LogP contribution in [0.25, 0.3) is 6.08 Å². The number of aromatic hydroxyl groups is 1. The maximum absolute atomic E-state index is 13.6. The number of halogens is 2. The van der Waals surface area contributed by atoms with Crippen LogP contribution in [0.4, 0.5) is 0 Å². The number of hydrogen-bond donors (Lipinski definition) is 1. The Bertz CT molecular complexity index is 1510. The van der Waals surface area contributed by atoms with Gasteiger partial charge in [-0.2, -0.15) is 0 Å². The number of benzene rings is 2. The fourth-order valence-electron chi connectivity index (χ4n) is 3.74. The lowest BCUT2D eigenvalue weighted by atomic mass is 9.96. The standard InChI is InChI=1S/C24H20BrClN2O5S/c1-4-33-23(31)20-12(2)27-24-28(21(20)13-5-8-18(32-3)16(25)10-13)22(30)19(34-24)11-14-9-15(26)6-7-17(14)29/h5-11,21,29H,4H2,1-3H3/b19-11+/t21-/m1/s1. The Kier molecular flexibility index (Phi) is 6.97. The largest absolute Gasteiger partial charge is 0.507 e. The molecule has 3 aromatic rings. The number of rotatable bonds is 5. The van der Waals surface area contributed by atoms with Gasteiger partial charge in [-0.05, 0) is 71.7 Å². The minimum absolute atomic E-state index is 0.00531. The molecule has 0 saturated carbocycles. The summed E-state index contributed by atoms with van der Waals surface area (Å²) in [7, 11) is 1.56. The Morgan fingerprint density at radius 3 is 2.76 bits per heavy atom. The van der Waals surface area contributed by atoms with E-state index in [4.69, 9.17) is 21.1 Å². The lowest BCUT2D eigenvalue weighted by Gasteiger charge is -2.25. The van der Waals surface area contributed by atoms with Crippen molar-refractivity contribution in [1.29, 1.82) is 0 Å². The predicted octanol–water partition coefficient (Wildman–Crippen LogP) is 3.93. The van der Waals surface area contributed by atoms with Gasteiger partial charge < -0.3 is 14.6 Å². The molecule has 0 saturated heterocycles. The van der Waals surface area contributed by atoms with E-state index in [1.54, 1.807) is 57.4 Å². The number of nitrogens with zero attached hydrogens (tertiary/aromatic N) is 2. The average molecular weight is 564 g/mol. The number of allylic oxidation sites excluding steroid dienone is 1. The summed E-state index contributed by atoms with van der Waals surface area (Å²) < 4.78 is 13.1. The molecule has 34 heavy (non-hydrogen) atoms. The molecule has 1 aromatic heterocycles. The number of carbonyl (C=O) groups is 1. The third-order valence-corrected chi connectivity index (χ3v) is 7.12. The number of fused-ring (bicyclic) bond motifs is 1. The molecular formula is C24H20BrClN2O5S. The van der Waals surface area contributed by atoms with Crippen molar-refractivity contribution in [3.63, 3.8) is 0 Å². The van der Waals surface area contributed by atoms with Gasteiger partial charge in [0.1, 0.15) is 11.5 Å². The van der Waals surface area contributed by atoms with Crippen LogP contribution >= 0.6 is 38.9 Å². The van der Waals surface area contributed by atoms with Crippen LogP contribution in [0, 0.1) is 0 Å². The molecule has 1 aliphatic rings. The Labute approximate surface area is 212 Å². The highest BCUT2D eigenvalue weighted by atomic mass is 79.9. The van der Waals surface area contributed by atoms with E-state index in [1.165, 1.54) is 10.6 Å².